The quantitative estimate of drug-likeness (QED) is 0.495. The maximum Gasteiger partial charge on any atom is 0.125 e. The molecule has 0 heterocycles. The third kappa shape index (κ3) is 7.40. The molecule has 114 valence electrons. The van der Waals surface area contributed by atoms with Crippen LogP contribution in [0.1, 0.15) is 5.56 Å². The third-order valence-corrected chi connectivity index (χ3v) is 2.54. The van der Waals surface area contributed by atoms with E-state index in [1.165, 1.54) is 12.1 Å². The van der Waals surface area contributed by atoms with Crippen LogP contribution >= 0.6 is 0 Å². The van der Waals surface area contributed by atoms with E-state index >= 15 is 0 Å². The topological polar surface area (TPSA) is 62.9 Å². The second-order valence-electron chi connectivity index (χ2n) is 4.11. The van der Waals surface area contributed by atoms with Crippen molar-refractivity contribution >= 4 is 5.69 Å². The molecule has 0 unspecified atom stereocenters. The monoisotopic (exact) mass is 287 g/mol. The van der Waals surface area contributed by atoms with Crippen LogP contribution in [0.2, 0.25) is 0 Å². The average Bonchev–Trinajstić information content (AvgIpc) is 2.43. The van der Waals surface area contributed by atoms with Crippen LogP contribution in [0.25, 0.3) is 0 Å². The van der Waals surface area contributed by atoms with Crippen molar-refractivity contribution in [2.45, 2.75) is 6.61 Å². The van der Waals surface area contributed by atoms with Crippen molar-refractivity contribution in [3.8, 4) is 0 Å². The minimum absolute atomic E-state index is 0.344. The molecule has 5 nitrogen and oxygen atoms in total. The molecule has 0 atom stereocenters. The van der Waals surface area contributed by atoms with Crippen LogP contribution < -0.4 is 5.73 Å². The lowest BCUT2D eigenvalue weighted by Gasteiger charge is -2.08. The first-order valence-corrected chi connectivity index (χ1v) is 6.50. The molecule has 0 saturated carbocycles. The largest absolute Gasteiger partial charge is 0.398 e. The fourth-order valence-corrected chi connectivity index (χ4v) is 1.46. The van der Waals surface area contributed by atoms with E-state index in [1.807, 2.05) is 0 Å². The highest BCUT2D eigenvalue weighted by molar-refractivity contribution is 5.46. The molecule has 0 saturated heterocycles. The summed E-state index contributed by atoms with van der Waals surface area (Å²) in [6.45, 7) is 3.49. The van der Waals surface area contributed by atoms with Gasteiger partial charge in [-0.15, -0.1) is 0 Å². The number of methoxy groups -OCH3 is 1. The molecule has 2 N–H and O–H groups in total. The van der Waals surface area contributed by atoms with E-state index in [9.17, 15) is 4.39 Å². The van der Waals surface area contributed by atoms with Crippen molar-refractivity contribution in [3.05, 3.63) is 29.6 Å². The summed E-state index contributed by atoms with van der Waals surface area (Å²) in [5.74, 6) is -0.344. The Balaban J connectivity index is 1.97. The molecule has 20 heavy (non-hydrogen) atoms. The maximum absolute atomic E-state index is 12.8. The standard InChI is InChI=1S/C14H22FNO4/c1-17-4-5-18-6-7-19-8-9-20-11-12-2-3-13(15)10-14(12)16/h2-3,10H,4-9,11,16H2,1H3. The number of rotatable bonds is 11. The predicted molar refractivity (Wildman–Crippen MR) is 74.0 cm³/mol. The van der Waals surface area contributed by atoms with Gasteiger partial charge in [-0.25, -0.2) is 4.39 Å². The van der Waals surface area contributed by atoms with Crippen molar-refractivity contribution in [1.29, 1.82) is 0 Å². The van der Waals surface area contributed by atoms with Gasteiger partial charge in [-0.05, 0) is 12.1 Å². The summed E-state index contributed by atoms with van der Waals surface area (Å²) in [6, 6.07) is 4.27. The fourth-order valence-electron chi connectivity index (χ4n) is 1.46. The number of anilines is 1. The van der Waals surface area contributed by atoms with E-state index < -0.39 is 0 Å². The molecule has 0 aliphatic heterocycles. The van der Waals surface area contributed by atoms with Crippen LogP contribution in [-0.4, -0.2) is 46.8 Å². The lowest BCUT2D eigenvalue weighted by atomic mass is 10.2. The SMILES string of the molecule is COCCOCCOCCOCc1ccc(F)cc1N. The summed E-state index contributed by atoms with van der Waals surface area (Å²) in [5, 5.41) is 0. The molecule has 0 amide bonds. The minimum atomic E-state index is -0.344. The van der Waals surface area contributed by atoms with Crippen LogP contribution in [0.4, 0.5) is 10.1 Å². The van der Waals surface area contributed by atoms with Gasteiger partial charge < -0.3 is 24.7 Å². The van der Waals surface area contributed by atoms with Gasteiger partial charge in [-0.1, -0.05) is 6.07 Å². The highest BCUT2D eigenvalue weighted by Gasteiger charge is 2.00. The number of benzene rings is 1. The highest BCUT2D eigenvalue weighted by Crippen LogP contribution is 2.14. The Morgan fingerprint density at radius 2 is 1.55 bits per heavy atom. The molecular weight excluding hydrogens is 265 g/mol. The molecule has 1 rings (SSSR count). The van der Waals surface area contributed by atoms with Crippen LogP contribution in [0.15, 0.2) is 18.2 Å². The molecule has 0 aromatic heterocycles. The van der Waals surface area contributed by atoms with E-state index in [1.54, 1.807) is 13.2 Å². The second kappa shape index (κ2) is 10.6. The number of hydrogen-bond acceptors (Lipinski definition) is 5. The van der Waals surface area contributed by atoms with Crippen LogP contribution in [0.5, 0.6) is 0 Å². The summed E-state index contributed by atoms with van der Waals surface area (Å²) >= 11 is 0. The predicted octanol–water partition coefficient (Wildman–Crippen LogP) is 1.60. The van der Waals surface area contributed by atoms with Gasteiger partial charge in [0, 0.05) is 18.4 Å². The fraction of sp³-hybridized carbons (Fsp3) is 0.571. The van der Waals surface area contributed by atoms with Crippen molar-refractivity contribution in [2.75, 3.05) is 52.5 Å². The van der Waals surface area contributed by atoms with Crippen molar-refractivity contribution < 1.29 is 23.3 Å². The van der Waals surface area contributed by atoms with Crippen molar-refractivity contribution in [3.63, 3.8) is 0 Å². The molecule has 0 fully saturated rings. The Bertz CT molecular complexity index is 376. The first-order chi connectivity index (χ1) is 9.74. The van der Waals surface area contributed by atoms with E-state index in [4.69, 9.17) is 24.7 Å². The lowest BCUT2D eigenvalue weighted by molar-refractivity contribution is 0.000932. The number of ether oxygens (including phenoxy) is 4. The van der Waals surface area contributed by atoms with Crippen molar-refractivity contribution in [1.82, 2.24) is 0 Å². The first-order valence-electron chi connectivity index (χ1n) is 6.50. The van der Waals surface area contributed by atoms with Gasteiger partial charge in [0.15, 0.2) is 0 Å². The normalized spacial score (nSPS) is 10.9. The van der Waals surface area contributed by atoms with E-state index in [0.717, 1.165) is 5.56 Å². The van der Waals surface area contributed by atoms with Gasteiger partial charge in [0.2, 0.25) is 0 Å². The number of nitrogens with two attached hydrogens (primary N) is 1. The highest BCUT2D eigenvalue weighted by atomic mass is 19.1. The Labute approximate surface area is 118 Å². The van der Waals surface area contributed by atoms with Gasteiger partial charge in [0.1, 0.15) is 5.82 Å². The summed E-state index contributed by atoms with van der Waals surface area (Å²) < 4.78 is 33.6. The van der Waals surface area contributed by atoms with E-state index in [-0.39, 0.29) is 5.82 Å². The van der Waals surface area contributed by atoms with Crippen LogP contribution in [-0.2, 0) is 25.6 Å². The van der Waals surface area contributed by atoms with Gasteiger partial charge in [-0.3, -0.25) is 0 Å². The Kier molecular flexibility index (Phi) is 8.90. The molecule has 1 aromatic rings. The van der Waals surface area contributed by atoms with Crippen LogP contribution in [0.3, 0.4) is 0 Å². The molecular formula is C14H22FNO4. The average molecular weight is 287 g/mol. The molecule has 0 aliphatic carbocycles. The first kappa shape index (κ1) is 16.8. The Morgan fingerprint density at radius 3 is 2.15 bits per heavy atom. The Hall–Kier alpha value is -1.21. The smallest absolute Gasteiger partial charge is 0.125 e. The zero-order valence-electron chi connectivity index (χ0n) is 11.8. The maximum atomic E-state index is 12.8. The molecule has 6 heteroatoms. The zero-order valence-corrected chi connectivity index (χ0v) is 11.8. The van der Waals surface area contributed by atoms with Crippen molar-refractivity contribution in [2.24, 2.45) is 0 Å². The van der Waals surface area contributed by atoms with Crippen LogP contribution in [0, 0.1) is 5.82 Å². The molecule has 0 aliphatic rings. The molecule has 0 radical (unpaired) electrons. The number of nitrogen functional groups attached to an aromatic ring is 1. The molecule has 0 bridgehead atoms. The van der Waals surface area contributed by atoms with Gasteiger partial charge in [0.05, 0.1) is 46.2 Å². The summed E-state index contributed by atoms with van der Waals surface area (Å²) in [7, 11) is 1.63. The van der Waals surface area contributed by atoms with E-state index in [2.05, 4.69) is 0 Å². The van der Waals surface area contributed by atoms with Gasteiger partial charge in [-0.2, -0.15) is 0 Å². The summed E-state index contributed by atoms with van der Waals surface area (Å²) in [6.07, 6.45) is 0. The Morgan fingerprint density at radius 1 is 0.950 bits per heavy atom. The zero-order chi connectivity index (χ0) is 14.6. The minimum Gasteiger partial charge on any atom is -0.398 e. The number of hydrogen-bond donors (Lipinski definition) is 1. The third-order valence-electron chi connectivity index (χ3n) is 2.54. The van der Waals surface area contributed by atoms with Gasteiger partial charge >= 0.3 is 0 Å². The lowest BCUT2D eigenvalue weighted by Crippen LogP contribution is -2.11. The molecule has 1 aromatic carbocycles. The molecule has 0 spiro atoms. The summed E-state index contributed by atoms with van der Waals surface area (Å²) in [5.41, 5.74) is 6.84. The van der Waals surface area contributed by atoms with E-state index in [0.29, 0.717) is 51.9 Å². The number of halogens is 1. The summed E-state index contributed by atoms with van der Waals surface area (Å²) in [4.78, 5) is 0. The second-order valence-corrected chi connectivity index (χ2v) is 4.11. The van der Waals surface area contributed by atoms with Gasteiger partial charge in [0.25, 0.3) is 0 Å².